The topological polar surface area (TPSA) is 70.0 Å². The van der Waals surface area contributed by atoms with Gasteiger partial charge < -0.3 is 14.9 Å². The number of rotatable bonds is 2. The zero-order valence-electron chi connectivity index (χ0n) is 20.9. The highest BCUT2D eigenvalue weighted by Crippen LogP contribution is 2.68. The number of ether oxygens (including phenoxy) is 1. The van der Waals surface area contributed by atoms with Crippen LogP contribution in [0.15, 0.2) is 0 Å². The van der Waals surface area contributed by atoms with Crippen molar-refractivity contribution in [2.75, 3.05) is 19.7 Å². The Kier molecular flexibility index (Phi) is 5.45. The van der Waals surface area contributed by atoms with Crippen LogP contribution in [-0.4, -0.2) is 58.0 Å². The van der Waals surface area contributed by atoms with Crippen LogP contribution < -0.4 is 0 Å². The van der Waals surface area contributed by atoms with Crippen molar-refractivity contribution in [3.63, 3.8) is 0 Å². The summed E-state index contributed by atoms with van der Waals surface area (Å²) in [5, 5.41) is 22.5. The molecule has 1 aliphatic heterocycles. The van der Waals surface area contributed by atoms with Gasteiger partial charge in [0.05, 0.1) is 18.2 Å². The Morgan fingerprint density at radius 1 is 0.938 bits per heavy atom. The Morgan fingerprint density at radius 2 is 1.66 bits per heavy atom. The Labute approximate surface area is 194 Å². The molecule has 5 aliphatic rings. The van der Waals surface area contributed by atoms with E-state index >= 15 is 0 Å². The van der Waals surface area contributed by atoms with Gasteiger partial charge in [-0.2, -0.15) is 0 Å². The molecule has 0 amide bonds. The first-order valence-corrected chi connectivity index (χ1v) is 13.2. The lowest BCUT2D eigenvalue weighted by Crippen LogP contribution is -2.67. The van der Waals surface area contributed by atoms with Gasteiger partial charge in [-0.1, -0.05) is 13.8 Å². The maximum absolute atomic E-state index is 12.4. The molecule has 1 heterocycles. The summed E-state index contributed by atoms with van der Waals surface area (Å²) >= 11 is 0. The van der Waals surface area contributed by atoms with E-state index in [9.17, 15) is 15.0 Å². The van der Waals surface area contributed by atoms with Gasteiger partial charge in [-0.3, -0.25) is 9.69 Å². The summed E-state index contributed by atoms with van der Waals surface area (Å²) in [7, 11) is 0. The predicted octanol–water partition coefficient (Wildman–Crippen LogP) is 4.00. The first-order chi connectivity index (χ1) is 14.9. The van der Waals surface area contributed by atoms with Gasteiger partial charge in [0.2, 0.25) is 0 Å². The van der Waals surface area contributed by atoms with E-state index in [4.69, 9.17) is 4.74 Å². The van der Waals surface area contributed by atoms with Crippen LogP contribution in [0, 0.1) is 40.4 Å². The van der Waals surface area contributed by atoms with Crippen molar-refractivity contribution in [2.45, 2.75) is 103 Å². The van der Waals surface area contributed by atoms with Crippen LogP contribution in [0.3, 0.4) is 0 Å². The zero-order chi connectivity index (χ0) is 23.1. The number of fused-ring (bicyclic) bond motifs is 5. The normalized spacial score (nSPS) is 50.2. The van der Waals surface area contributed by atoms with Crippen LogP contribution in [0.2, 0.25) is 0 Å². The standard InChI is InChI=1S/C27H45NO4/c1-17(29)20-8-9-21-19-7-6-18-14-27(30,31)23(28-12-13-32-24(2,3)16-28)15-26(18,5)22(19)10-11-25(20,21)4/h18-23,30-31H,6-16H2,1-5H3/t18-,19-,20+,21-,22-,23-,25+,26-/m0/s1. The smallest absolute Gasteiger partial charge is 0.178 e. The molecule has 4 aliphatic carbocycles. The summed E-state index contributed by atoms with van der Waals surface area (Å²) in [4.78, 5) is 14.7. The van der Waals surface area contributed by atoms with Crippen LogP contribution in [0.5, 0.6) is 0 Å². The van der Waals surface area contributed by atoms with Gasteiger partial charge in [-0.15, -0.1) is 0 Å². The summed E-state index contributed by atoms with van der Waals surface area (Å²) < 4.78 is 5.93. The maximum atomic E-state index is 12.4. The molecule has 5 nitrogen and oxygen atoms in total. The van der Waals surface area contributed by atoms with Crippen molar-refractivity contribution >= 4 is 5.78 Å². The fourth-order valence-electron chi connectivity index (χ4n) is 9.68. The Morgan fingerprint density at radius 3 is 2.34 bits per heavy atom. The van der Waals surface area contributed by atoms with Gasteiger partial charge in [0.15, 0.2) is 5.79 Å². The van der Waals surface area contributed by atoms with Gasteiger partial charge in [0.25, 0.3) is 0 Å². The van der Waals surface area contributed by atoms with Gasteiger partial charge in [0.1, 0.15) is 5.78 Å². The molecule has 5 fully saturated rings. The first-order valence-electron chi connectivity index (χ1n) is 13.2. The Hall–Kier alpha value is -0.490. The number of nitrogens with zero attached hydrogens (tertiary/aromatic N) is 1. The minimum Gasteiger partial charge on any atom is -0.373 e. The molecule has 182 valence electrons. The lowest BCUT2D eigenvalue weighted by Gasteiger charge is -2.64. The van der Waals surface area contributed by atoms with E-state index < -0.39 is 5.79 Å². The number of hydrogen-bond acceptors (Lipinski definition) is 5. The minimum atomic E-state index is -1.62. The molecule has 0 aromatic heterocycles. The van der Waals surface area contributed by atoms with Crippen molar-refractivity contribution in [1.82, 2.24) is 4.90 Å². The molecular formula is C27H45NO4. The van der Waals surface area contributed by atoms with Crippen molar-refractivity contribution in [3.05, 3.63) is 0 Å². The Balaban J connectivity index is 1.42. The molecule has 0 unspecified atom stereocenters. The Bertz CT molecular complexity index is 765. The SMILES string of the molecule is CC(=O)[C@H]1CC[C@H]2[C@@H]3CC[C@H]4CC(O)(O)[C@@H](N5CCOC(C)(C)C5)C[C@]4(C)[C@H]3CC[C@]12C. The molecule has 8 atom stereocenters. The van der Waals surface area contributed by atoms with Crippen LogP contribution >= 0.6 is 0 Å². The summed E-state index contributed by atoms with van der Waals surface area (Å²) in [6.45, 7) is 13.1. The fraction of sp³-hybridized carbons (Fsp3) is 0.963. The average molecular weight is 448 g/mol. The van der Waals surface area contributed by atoms with E-state index in [0.717, 1.165) is 38.8 Å². The molecule has 0 bridgehead atoms. The summed E-state index contributed by atoms with van der Waals surface area (Å²) in [6.07, 6.45) is 8.27. The number of aliphatic hydroxyl groups is 2. The second kappa shape index (κ2) is 7.50. The highest BCUT2D eigenvalue weighted by atomic mass is 16.5. The summed E-state index contributed by atoms with van der Waals surface area (Å²) in [5.41, 5.74) is 0.0657. The molecule has 2 N–H and O–H groups in total. The van der Waals surface area contributed by atoms with E-state index in [1.807, 2.05) is 0 Å². The van der Waals surface area contributed by atoms with E-state index in [1.54, 1.807) is 6.92 Å². The molecule has 32 heavy (non-hydrogen) atoms. The molecule has 5 rings (SSSR count). The van der Waals surface area contributed by atoms with Crippen LogP contribution in [0.25, 0.3) is 0 Å². The highest BCUT2D eigenvalue weighted by molar-refractivity contribution is 5.79. The van der Waals surface area contributed by atoms with Crippen LogP contribution in [-0.2, 0) is 9.53 Å². The second-order valence-corrected chi connectivity index (χ2v) is 13.3. The molecule has 4 saturated carbocycles. The molecule has 5 heteroatoms. The number of carbonyl (C=O) groups excluding carboxylic acids is 1. The van der Waals surface area contributed by atoms with E-state index in [0.29, 0.717) is 42.5 Å². The number of ketones is 1. The van der Waals surface area contributed by atoms with Gasteiger partial charge in [0, 0.05) is 25.4 Å². The number of Topliss-reactive ketones (excluding diaryl/α,β-unsaturated/α-hetero) is 1. The van der Waals surface area contributed by atoms with Gasteiger partial charge in [-0.05, 0) is 100 Å². The third-order valence-corrected chi connectivity index (χ3v) is 11.2. The van der Waals surface area contributed by atoms with E-state index in [2.05, 4.69) is 32.6 Å². The molecule has 1 saturated heterocycles. The van der Waals surface area contributed by atoms with Gasteiger partial charge in [-0.25, -0.2) is 0 Å². The van der Waals surface area contributed by atoms with Crippen molar-refractivity contribution in [1.29, 1.82) is 0 Å². The second-order valence-electron chi connectivity index (χ2n) is 13.3. The van der Waals surface area contributed by atoms with Gasteiger partial charge >= 0.3 is 0 Å². The predicted molar refractivity (Wildman–Crippen MR) is 124 cm³/mol. The molecule has 0 radical (unpaired) electrons. The molecule has 0 aromatic carbocycles. The third-order valence-electron chi connectivity index (χ3n) is 11.2. The van der Waals surface area contributed by atoms with E-state index in [-0.39, 0.29) is 28.4 Å². The lowest BCUT2D eigenvalue weighted by molar-refractivity contribution is -0.277. The van der Waals surface area contributed by atoms with Crippen molar-refractivity contribution in [2.24, 2.45) is 40.4 Å². The van der Waals surface area contributed by atoms with Crippen LogP contribution in [0.1, 0.15) is 86.0 Å². The molecule has 0 aromatic rings. The largest absolute Gasteiger partial charge is 0.373 e. The molecular weight excluding hydrogens is 402 g/mol. The van der Waals surface area contributed by atoms with E-state index in [1.165, 1.54) is 19.3 Å². The fourth-order valence-corrected chi connectivity index (χ4v) is 9.68. The highest BCUT2D eigenvalue weighted by Gasteiger charge is 2.64. The summed E-state index contributed by atoms with van der Waals surface area (Å²) in [5.74, 6) is 1.37. The zero-order valence-corrected chi connectivity index (χ0v) is 20.9. The van der Waals surface area contributed by atoms with Crippen molar-refractivity contribution < 1.29 is 19.7 Å². The first kappa shape index (κ1) is 23.3. The number of morpholine rings is 1. The number of hydrogen-bond donors (Lipinski definition) is 2. The third kappa shape index (κ3) is 3.44. The summed E-state index contributed by atoms with van der Waals surface area (Å²) in [6, 6.07) is -0.229. The van der Waals surface area contributed by atoms with Crippen LogP contribution in [0.4, 0.5) is 0 Å². The monoisotopic (exact) mass is 447 g/mol. The average Bonchev–Trinajstić information content (AvgIpc) is 3.04. The quantitative estimate of drug-likeness (QED) is 0.626. The number of carbonyl (C=O) groups is 1. The van der Waals surface area contributed by atoms with Crippen molar-refractivity contribution in [3.8, 4) is 0 Å². The lowest BCUT2D eigenvalue weighted by atomic mass is 9.44. The minimum absolute atomic E-state index is 0.140. The maximum Gasteiger partial charge on any atom is 0.178 e. The molecule has 0 spiro atoms.